The zero-order valence-corrected chi connectivity index (χ0v) is 18.5. The Kier molecular flexibility index (Phi) is 5.54. The summed E-state index contributed by atoms with van der Waals surface area (Å²) < 4.78 is 24.9. The van der Waals surface area contributed by atoms with Gasteiger partial charge in [-0.05, 0) is 61.9 Å². The van der Waals surface area contributed by atoms with Crippen LogP contribution in [0.5, 0.6) is 0 Å². The minimum absolute atomic E-state index is 0.189. The fourth-order valence-electron chi connectivity index (χ4n) is 3.02. The molecule has 0 unspecified atom stereocenters. The first-order valence-electron chi connectivity index (χ1n) is 9.65. The third-order valence-electron chi connectivity index (χ3n) is 4.61. The van der Waals surface area contributed by atoms with E-state index in [2.05, 4.69) is 25.4 Å². The van der Waals surface area contributed by atoms with Crippen LogP contribution in [-0.2, 0) is 9.84 Å². The molecule has 0 aliphatic rings. The van der Waals surface area contributed by atoms with E-state index in [4.69, 9.17) is 0 Å². The molecule has 3 heterocycles. The number of hydrogen-bond donors (Lipinski definition) is 1. The van der Waals surface area contributed by atoms with Gasteiger partial charge in [-0.2, -0.15) is 5.10 Å². The van der Waals surface area contributed by atoms with Gasteiger partial charge < -0.3 is 5.32 Å². The van der Waals surface area contributed by atoms with Crippen LogP contribution in [0.25, 0.3) is 17.2 Å². The number of aromatic nitrogens is 5. The summed E-state index contributed by atoms with van der Waals surface area (Å²) in [5, 5.41) is 7.14. The van der Waals surface area contributed by atoms with Gasteiger partial charge in [0.05, 0.1) is 16.3 Å². The van der Waals surface area contributed by atoms with Gasteiger partial charge in [0.1, 0.15) is 17.2 Å². The van der Waals surface area contributed by atoms with Crippen molar-refractivity contribution in [2.75, 3.05) is 11.6 Å². The summed E-state index contributed by atoms with van der Waals surface area (Å²) >= 11 is 0. The Morgan fingerprint density at radius 2 is 1.75 bits per heavy atom. The summed E-state index contributed by atoms with van der Waals surface area (Å²) in [5.74, 6) is 0.295. The molecule has 0 fully saturated rings. The Morgan fingerprint density at radius 1 is 1.00 bits per heavy atom. The Bertz CT molecular complexity index is 1390. The van der Waals surface area contributed by atoms with E-state index < -0.39 is 15.7 Å². The molecule has 1 N–H and O–H groups in total. The molecule has 0 bridgehead atoms. The third-order valence-corrected chi connectivity index (χ3v) is 5.74. The quantitative estimate of drug-likeness (QED) is 0.498. The maximum absolute atomic E-state index is 13.0. The molecule has 4 aromatic rings. The third kappa shape index (κ3) is 4.54. The first-order chi connectivity index (χ1) is 15.2. The van der Waals surface area contributed by atoms with Crippen molar-refractivity contribution in [3.63, 3.8) is 0 Å². The van der Waals surface area contributed by atoms with E-state index in [9.17, 15) is 13.2 Å². The maximum Gasteiger partial charge on any atom is 0.275 e. The summed E-state index contributed by atoms with van der Waals surface area (Å²) in [6.45, 7) is 3.71. The number of carbonyl (C=O) groups excluding carboxylic acids is 1. The van der Waals surface area contributed by atoms with Crippen molar-refractivity contribution in [3.05, 3.63) is 77.9 Å². The highest BCUT2D eigenvalue weighted by Crippen LogP contribution is 2.18. The fourth-order valence-corrected chi connectivity index (χ4v) is 3.66. The van der Waals surface area contributed by atoms with Crippen molar-refractivity contribution in [2.45, 2.75) is 18.7 Å². The highest BCUT2D eigenvalue weighted by atomic mass is 32.2. The summed E-state index contributed by atoms with van der Waals surface area (Å²) in [6.07, 6.45) is 4.41. The monoisotopic (exact) mass is 448 g/mol. The van der Waals surface area contributed by atoms with Crippen LogP contribution in [0.3, 0.4) is 0 Å². The van der Waals surface area contributed by atoms with Crippen molar-refractivity contribution in [1.29, 1.82) is 0 Å². The molecule has 0 aliphatic heterocycles. The first-order valence-corrected chi connectivity index (χ1v) is 11.5. The van der Waals surface area contributed by atoms with Gasteiger partial charge in [0.15, 0.2) is 15.7 Å². The topological polar surface area (TPSA) is 120 Å². The van der Waals surface area contributed by atoms with Crippen LogP contribution >= 0.6 is 0 Å². The van der Waals surface area contributed by atoms with Crippen LogP contribution in [0.2, 0.25) is 0 Å². The van der Waals surface area contributed by atoms with E-state index in [0.717, 1.165) is 11.8 Å². The molecule has 32 heavy (non-hydrogen) atoms. The lowest BCUT2D eigenvalue weighted by Gasteiger charge is -2.09. The van der Waals surface area contributed by atoms with Crippen LogP contribution in [0.1, 0.15) is 21.7 Å². The summed E-state index contributed by atoms with van der Waals surface area (Å²) in [5.41, 5.74) is 3.09. The molecule has 0 spiro atoms. The van der Waals surface area contributed by atoms with Crippen LogP contribution in [0.15, 0.2) is 65.8 Å². The van der Waals surface area contributed by atoms with E-state index >= 15 is 0 Å². The molecule has 162 valence electrons. The van der Waals surface area contributed by atoms with E-state index in [-0.39, 0.29) is 10.6 Å². The van der Waals surface area contributed by atoms with Crippen molar-refractivity contribution in [2.24, 2.45) is 0 Å². The second-order valence-corrected chi connectivity index (χ2v) is 9.30. The minimum atomic E-state index is -3.32. The number of benzene rings is 1. The Hall–Kier alpha value is -3.92. The SMILES string of the molecule is Cc1ccc(-c2nccc(NC(=O)c3cc(C)nn3-c3ccc(S(C)(=O)=O)cc3)n2)nc1. The van der Waals surface area contributed by atoms with Gasteiger partial charge in [0, 0.05) is 18.6 Å². The smallest absolute Gasteiger partial charge is 0.275 e. The highest BCUT2D eigenvalue weighted by Gasteiger charge is 2.17. The zero-order valence-electron chi connectivity index (χ0n) is 17.6. The Balaban J connectivity index is 1.61. The molecule has 9 nitrogen and oxygen atoms in total. The number of rotatable bonds is 5. The summed E-state index contributed by atoms with van der Waals surface area (Å²) in [7, 11) is -3.32. The molecule has 4 rings (SSSR count). The normalized spacial score (nSPS) is 11.3. The summed E-state index contributed by atoms with van der Waals surface area (Å²) in [6, 6.07) is 13.1. The maximum atomic E-state index is 13.0. The van der Waals surface area contributed by atoms with E-state index in [1.54, 1.807) is 43.6 Å². The minimum Gasteiger partial charge on any atom is -0.305 e. The number of anilines is 1. The first kappa shape index (κ1) is 21.3. The zero-order chi connectivity index (χ0) is 22.9. The summed E-state index contributed by atoms with van der Waals surface area (Å²) in [4.78, 5) is 26.1. The Morgan fingerprint density at radius 3 is 2.41 bits per heavy atom. The van der Waals surface area contributed by atoms with Gasteiger partial charge in [-0.1, -0.05) is 6.07 Å². The van der Waals surface area contributed by atoms with Gasteiger partial charge in [-0.25, -0.2) is 23.1 Å². The van der Waals surface area contributed by atoms with Crippen molar-refractivity contribution in [3.8, 4) is 17.2 Å². The van der Waals surface area contributed by atoms with Gasteiger partial charge in [0.25, 0.3) is 5.91 Å². The van der Waals surface area contributed by atoms with Crippen molar-refractivity contribution >= 4 is 21.6 Å². The fraction of sp³-hybridized carbons (Fsp3) is 0.136. The number of carbonyl (C=O) groups is 1. The van der Waals surface area contributed by atoms with E-state index in [0.29, 0.717) is 28.7 Å². The largest absolute Gasteiger partial charge is 0.305 e. The molecule has 3 aromatic heterocycles. The van der Waals surface area contributed by atoms with E-state index in [1.165, 1.54) is 16.8 Å². The van der Waals surface area contributed by atoms with Gasteiger partial charge in [-0.15, -0.1) is 0 Å². The predicted molar refractivity (Wildman–Crippen MR) is 119 cm³/mol. The lowest BCUT2D eigenvalue weighted by molar-refractivity contribution is 0.101. The number of aryl methyl sites for hydroxylation is 2. The number of nitrogens with zero attached hydrogens (tertiary/aromatic N) is 5. The molecule has 1 amide bonds. The van der Waals surface area contributed by atoms with Crippen LogP contribution < -0.4 is 5.32 Å². The molecule has 0 atom stereocenters. The van der Waals surface area contributed by atoms with Crippen LogP contribution in [0, 0.1) is 13.8 Å². The molecule has 1 aromatic carbocycles. The second-order valence-electron chi connectivity index (χ2n) is 7.29. The molecular weight excluding hydrogens is 428 g/mol. The van der Waals surface area contributed by atoms with Gasteiger partial charge >= 0.3 is 0 Å². The molecule has 10 heteroatoms. The van der Waals surface area contributed by atoms with E-state index in [1.807, 2.05) is 19.1 Å². The number of nitrogens with one attached hydrogen (secondary N) is 1. The van der Waals surface area contributed by atoms with Crippen LogP contribution in [0.4, 0.5) is 5.82 Å². The average molecular weight is 449 g/mol. The lowest BCUT2D eigenvalue weighted by atomic mass is 10.2. The van der Waals surface area contributed by atoms with Gasteiger partial charge in [0.2, 0.25) is 0 Å². The second kappa shape index (κ2) is 8.31. The molecule has 0 radical (unpaired) electrons. The standard InChI is InChI=1S/C22H20N6O3S/c1-14-4-9-18(24-13-14)21-23-11-10-20(25-21)26-22(29)19-12-15(2)27-28(19)16-5-7-17(8-6-16)32(3,30)31/h4-13H,1-3H3,(H,23,25,26,29). The number of sulfone groups is 1. The molecule has 0 saturated carbocycles. The highest BCUT2D eigenvalue weighted by molar-refractivity contribution is 7.90. The number of hydrogen-bond acceptors (Lipinski definition) is 7. The van der Waals surface area contributed by atoms with Gasteiger partial charge in [-0.3, -0.25) is 9.78 Å². The lowest BCUT2D eigenvalue weighted by Crippen LogP contribution is -2.18. The Labute approximate surface area is 185 Å². The van der Waals surface area contributed by atoms with Crippen LogP contribution in [-0.4, -0.2) is 45.3 Å². The average Bonchev–Trinajstić information content (AvgIpc) is 3.16. The van der Waals surface area contributed by atoms with Crippen molar-refractivity contribution < 1.29 is 13.2 Å². The molecular formula is C22H20N6O3S. The number of pyridine rings is 1. The predicted octanol–water partition coefficient (Wildman–Crippen LogP) is 3.00. The number of amides is 1. The molecule has 0 saturated heterocycles. The molecule has 0 aliphatic carbocycles. The van der Waals surface area contributed by atoms with Crippen molar-refractivity contribution in [1.82, 2.24) is 24.7 Å².